The molecule has 2 aromatic heterocycles. The number of sulfone groups is 1. The first-order chi connectivity index (χ1) is 15.7. The number of halogens is 1. The summed E-state index contributed by atoms with van der Waals surface area (Å²) in [6.07, 6.45) is 4.63. The van der Waals surface area contributed by atoms with Crippen LogP contribution in [0.4, 0.5) is 23.1 Å². The minimum atomic E-state index is -3.18. The fourth-order valence-corrected chi connectivity index (χ4v) is 4.19. The highest BCUT2D eigenvalue weighted by atomic mass is 79.9. The second kappa shape index (κ2) is 9.32. The average molecular weight is 533 g/mol. The molecule has 3 N–H and O–H groups in total. The summed E-state index contributed by atoms with van der Waals surface area (Å²) >= 11 is 3.41. The molecule has 0 aliphatic carbocycles. The molecular formula is C21H21BrN6O4S. The predicted molar refractivity (Wildman–Crippen MR) is 130 cm³/mol. The van der Waals surface area contributed by atoms with E-state index in [2.05, 4.69) is 41.8 Å². The Morgan fingerprint density at radius 2 is 2.06 bits per heavy atom. The first kappa shape index (κ1) is 22.9. The number of aromatic nitrogens is 3. The van der Waals surface area contributed by atoms with Crippen molar-refractivity contribution in [3.63, 3.8) is 0 Å². The van der Waals surface area contributed by atoms with Gasteiger partial charge in [-0.15, -0.1) is 0 Å². The Bertz CT molecular complexity index is 1390. The maximum atomic E-state index is 12.7. The minimum Gasteiger partial charge on any atom is -0.365 e. The topological polar surface area (TPSA) is 135 Å². The van der Waals surface area contributed by atoms with Crippen molar-refractivity contribution < 1.29 is 13.2 Å². The Morgan fingerprint density at radius 3 is 2.85 bits per heavy atom. The van der Waals surface area contributed by atoms with Crippen LogP contribution in [-0.2, 0) is 34.1 Å². The van der Waals surface area contributed by atoms with Crippen LogP contribution in [0, 0.1) is 0 Å². The van der Waals surface area contributed by atoms with Crippen LogP contribution in [-0.4, -0.2) is 40.9 Å². The normalized spacial score (nSPS) is 12.8. The van der Waals surface area contributed by atoms with Gasteiger partial charge in [-0.1, -0.05) is 6.07 Å². The lowest BCUT2D eigenvalue weighted by Crippen LogP contribution is -2.27. The van der Waals surface area contributed by atoms with Crippen molar-refractivity contribution in [3.05, 3.63) is 68.7 Å². The van der Waals surface area contributed by atoms with Gasteiger partial charge in [0.2, 0.25) is 11.9 Å². The zero-order valence-electron chi connectivity index (χ0n) is 17.6. The van der Waals surface area contributed by atoms with Gasteiger partial charge in [0.25, 0.3) is 5.56 Å². The number of nitrogens with zero attached hydrogens (tertiary/aromatic N) is 3. The molecule has 0 saturated carbocycles. The van der Waals surface area contributed by atoms with E-state index in [-0.39, 0.29) is 30.3 Å². The molecule has 0 bridgehead atoms. The highest BCUT2D eigenvalue weighted by Gasteiger charge is 2.18. The van der Waals surface area contributed by atoms with Crippen molar-refractivity contribution in [2.75, 3.05) is 28.0 Å². The molecule has 10 nitrogen and oxygen atoms in total. The minimum absolute atomic E-state index is 0.0372. The molecule has 1 amide bonds. The molecule has 0 atom stereocenters. The van der Waals surface area contributed by atoms with E-state index in [1.54, 1.807) is 24.5 Å². The SMILES string of the molecule is CS(=O)(=O)CCn1cccc(CNc2nc(Nc3ccc4c(c3)CC(=O)N4)ncc2Br)c1=O. The largest absolute Gasteiger partial charge is 0.365 e. The van der Waals surface area contributed by atoms with Crippen LogP contribution in [0.1, 0.15) is 11.1 Å². The fraction of sp³-hybridized carbons (Fsp3) is 0.238. The number of nitrogens with one attached hydrogen (secondary N) is 3. The van der Waals surface area contributed by atoms with E-state index in [4.69, 9.17) is 0 Å². The van der Waals surface area contributed by atoms with Gasteiger partial charge < -0.3 is 20.5 Å². The van der Waals surface area contributed by atoms with Crippen LogP contribution < -0.4 is 21.5 Å². The van der Waals surface area contributed by atoms with Crippen molar-refractivity contribution in [2.45, 2.75) is 19.5 Å². The van der Waals surface area contributed by atoms with Gasteiger partial charge in [0.15, 0.2) is 0 Å². The van der Waals surface area contributed by atoms with Gasteiger partial charge in [-0.25, -0.2) is 13.4 Å². The second-order valence-corrected chi connectivity index (χ2v) is 10.7. The molecule has 0 radical (unpaired) electrons. The van der Waals surface area contributed by atoms with Crippen LogP contribution in [0.25, 0.3) is 0 Å². The molecule has 4 rings (SSSR count). The van der Waals surface area contributed by atoms with Crippen LogP contribution in [0.15, 0.2) is 52.0 Å². The molecule has 0 spiro atoms. The molecule has 12 heteroatoms. The summed E-state index contributed by atoms with van der Waals surface area (Å²) in [5.74, 6) is 0.682. The molecule has 3 heterocycles. The smallest absolute Gasteiger partial charge is 0.255 e. The molecule has 33 heavy (non-hydrogen) atoms. The third-order valence-corrected chi connectivity index (χ3v) is 6.48. The first-order valence-electron chi connectivity index (χ1n) is 10.0. The van der Waals surface area contributed by atoms with Crippen LogP contribution >= 0.6 is 15.9 Å². The monoisotopic (exact) mass is 532 g/mol. The number of hydrogen-bond acceptors (Lipinski definition) is 8. The number of hydrogen-bond donors (Lipinski definition) is 3. The lowest BCUT2D eigenvalue weighted by molar-refractivity contribution is -0.115. The summed E-state index contributed by atoms with van der Waals surface area (Å²) in [7, 11) is -3.18. The van der Waals surface area contributed by atoms with E-state index < -0.39 is 9.84 Å². The molecular weight excluding hydrogens is 512 g/mol. The number of rotatable bonds is 8. The average Bonchev–Trinajstić information content (AvgIpc) is 3.12. The highest BCUT2D eigenvalue weighted by molar-refractivity contribution is 9.10. The number of aryl methyl sites for hydroxylation is 1. The van der Waals surface area contributed by atoms with E-state index in [0.29, 0.717) is 28.2 Å². The van der Waals surface area contributed by atoms with Crippen molar-refractivity contribution in [3.8, 4) is 0 Å². The van der Waals surface area contributed by atoms with E-state index >= 15 is 0 Å². The summed E-state index contributed by atoms with van der Waals surface area (Å²) in [6.45, 7) is 0.291. The van der Waals surface area contributed by atoms with Crippen molar-refractivity contribution in [1.82, 2.24) is 14.5 Å². The Morgan fingerprint density at radius 1 is 1.24 bits per heavy atom. The molecule has 1 aromatic carbocycles. The number of carbonyl (C=O) groups is 1. The maximum absolute atomic E-state index is 12.7. The summed E-state index contributed by atoms with van der Waals surface area (Å²) < 4.78 is 24.8. The van der Waals surface area contributed by atoms with E-state index in [1.165, 1.54) is 4.57 Å². The van der Waals surface area contributed by atoms with Crippen LogP contribution in [0.2, 0.25) is 0 Å². The van der Waals surface area contributed by atoms with E-state index in [1.807, 2.05) is 18.2 Å². The Hall–Kier alpha value is -3.25. The highest BCUT2D eigenvalue weighted by Crippen LogP contribution is 2.28. The predicted octanol–water partition coefficient (Wildman–Crippen LogP) is 2.30. The summed E-state index contributed by atoms with van der Waals surface area (Å²) in [5.41, 5.74) is 2.65. The van der Waals surface area contributed by atoms with Gasteiger partial charge in [-0.05, 0) is 45.8 Å². The Kier molecular flexibility index (Phi) is 6.47. The van der Waals surface area contributed by atoms with Crippen LogP contribution in [0.3, 0.4) is 0 Å². The maximum Gasteiger partial charge on any atom is 0.255 e. The van der Waals surface area contributed by atoms with E-state index in [9.17, 15) is 18.0 Å². The zero-order valence-corrected chi connectivity index (χ0v) is 20.0. The fourth-order valence-electron chi connectivity index (χ4n) is 3.33. The lowest BCUT2D eigenvalue weighted by atomic mass is 10.1. The number of carbonyl (C=O) groups excluding carboxylic acids is 1. The van der Waals surface area contributed by atoms with Crippen LogP contribution in [0.5, 0.6) is 0 Å². The third kappa shape index (κ3) is 5.76. The number of amides is 1. The van der Waals surface area contributed by atoms with Gasteiger partial charge in [-0.2, -0.15) is 4.98 Å². The third-order valence-electron chi connectivity index (χ3n) is 4.98. The summed E-state index contributed by atoms with van der Waals surface area (Å²) in [5, 5.41) is 9.03. The van der Waals surface area contributed by atoms with Gasteiger partial charge in [-0.3, -0.25) is 9.59 Å². The number of pyridine rings is 1. The number of anilines is 4. The number of fused-ring (bicyclic) bond motifs is 1. The zero-order chi connectivity index (χ0) is 23.6. The standard InChI is InChI=1S/C21H21BrN6O4S/c1-33(31,32)8-7-28-6-2-3-13(20(28)30)11-23-19-16(22)12-24-21(27-19)25-15-4-5-17-14(9-15)10-18(29)26-17/h2-6,9,12H,7-8,10-11H2,1H3,(H,26,29)(H2,23,24,25,27). The van der Waals surface area contributed by atoms with E-state index in [0.717, 1.165) is 23.2 Å². The van der Waals surface area contributed by atoms with Crippen molar-refractivity contribution in [2.24, 2.45) is 0 Å². The molecule has 3 aromatic rings. The van der Waals surface area contributed by atoms with Gasteiger partial charge in [0.05, 0.1) is 16.6 Å². The quantitative estimate of drug-likeness (QED) is 0.402. The molecule has 172 valence electrons. The van der Waals surface area contributed by atoms with Gasteiger partial charge >= 0.3 is 0 Å². The van der Waals surface area contributed by atoms with Crippen molar-refractivity contribution >= 4 is 54.8 Å². The second-order valence-electron chi connectivity index (χ2n) is 7.63. The molecule has 0 fully saturated rings. The first-order valence-corrected chi connectivity index (χ1v) is 12.9. The molecule has 0 saturated heterocycles. The molecule has 1 aliphatic rings. The number of benzene rings is 1. The van der Waals surface area contributed by atoms with Gasteiger partial charge in [0, 0.05) is 48.7 Å². The summed E-state index contributed by atoms with van der Waals surface area (Å²) in [6, 6.07) is 8.90. The molecule has 0 unspecified atom stereocenters. The Balaban J connectivity index is 1.47. The lowest BCUT2D eigenvalue weighted by Gasteiger charge is -2.12. The van der Waals surface area contributed by atoms with Gasteiger partial charge in [0.1, 0.15) is 15.7 Å². The summed E-state index contributed by atoms with van der Waals surface area (Å²) in [4.78, 5) is 32.9. The Labute approximate surface area is 198 Å². The molecule has 1 aliphatic heterocycles. The van der Waals surface area contributed by atoms with Crippen molar-refractivity contribution in [1.29, 1.82) is 0 Å².